The maximum atomic E-state index is 5.55. The fourth-order valence-electron chi connectivity index (χ4n) is 0.923. The second-order valence-electron chi connectivity index (χ2n) is 4.24. The predicted molar refractivity (Wildman–Crippen MR) is 64.0 cm³/mol. The van der Waals surface area contributed by atoms with Crippen LogP contribution >= 0.6 is 0 Å². The van der Waals surface area contributed by atoms with Gasteiger partial charge in [-0.15, -0.1) is 0 Å². The molecule has 2 atom stereocenters. The maximum Gasteiger partial charge on any atom is 0.00146 e. The van der Waals surface area contributed by atoms with Crippen molar-refractivity contribution >= 4 is 0 Å². The van der Waals surface area contributed by atoms with E-state index in [-0.39, 0.29) is 5.41 Å². The summed E-state index contributed by atoms with van der Waals surface area (Å²) in [6.07, 6.45) is 10.6. The molecule has 4 N–H and O–H groups in total. The van der Waals surface area contributed by atoms with Crippen LogP contribution in [0.25, 0.3) is 0 Å². The third-order valence-electron chi connectivity index (χ3n) is 2.44. The van der Waals surface area contributed by atoms with Gasteiger partial charge in [-0.2, -0.15) is 0 Å². The number of hydrogen-bond acceptors (Lipinski definition) is 2. The number of nitrogens with two attached hydrogens (primary N) is 2. The van der Waals surface area contributed by atoms with Crippen LogP contribution in [-0.2, 0) is 0 Å². The van der Waals surface area contributed by atoms with E-state index in [1.54, 1.807) is 0 Å². The van der Waals surface area contributed by atoms with Crippen molar-refractivity contribution in [2.75, 3.05) is 6.54 Å². The first-order valence-corrected chi connectivity index (χ1v) is 5.34. The summed E-state index contributed by atoms with van der Waals surface area (Å²) in [4.78, 5) is 0. The van der Waals surface area contributed by atoms with Crippen LogP contribution in [0.2, 0.25) is 0 Å². The van der Waals surface area contributed by atoms with E-state index in [2.05, 4.69) is 38.2 Å². The van der Waals surface area contributed by atoms with E-state index in [9.17, 15) is 0 Å². The van der Waals surface area contributed by atoms with Gasteiger partial charge in [0.05, 0.1) is 0 Å². The van der Waals surface area contributed by atoms with E-state index in [4.69, 9.17) is 11.5 Å². The Bertz CT molecular complexity index is 194. The van der Waals surface area contributed by atoms with Gasteiger partial charge in [0, 0.05) is 18.0 Å². The normalized spacial score (nSPS) is 26.6. The van der Waals surface area contributed by atoms with Gasteiger partial charge >= 0.3 is 0 Å². The maximum absolute atomic E-state index is 5.55. The largest absolute Gasteiger partial charge is 0.330 e. The quantitative estimate of drug-likeness (QED) is 0.711. The molecule has 2 heteroatoms. The molecule has 0 aromatic heterocycles. The Hall–Kier alpha value is -0.600. The van der Waals surface area contributed by atoms with Gasteiger partial charge in [0.25, 0.3) is 0 Å². The van der Waals surface area contributed by atoms with Crippen LogP contribution in [0.1, 0.15) is 33.6 Å². The molecule has 0 bridgehead atoms. The van der Waals surface area contributed by atoms with E-state index >= 15 is 0 Å². The zero-order valence-electron chi connectivity index (χ0n) is 9.66. The number of allylic oxidation sites excluding steroid dienone is 3. The van der Waals surface area contributed by atoms with Gasteiger partial charge in [0.2, 0.25) is 0 Å². The minimum Gasteiger partial charge on any atom is -0.330 e. The third-order valence-corrected chi connectivity index (χ3v) is 2.44. The van der Waals surface area contributed by atoms with Crippen molar-refractivity contribution in [3.63, 3.8) is 0 Å². The molecule has 0 fully saturated rings. The summed E-state index contributed by atoms with van der Waals surface area (Å²) in [6.45, 7) is 6.99. The minimum atomic E-state index is 0.231. The van der Waals surface area contributed by atoms with Crippen LogP contribution in [0, 0.1) is 5.41 Å². The zero-order chi connectivity index (χ0) is 11.0. The van der Waals surface area contributed by atoms with Crippen LogP contribution < -0.4 is 11.5 Å². The van der Waals surface area contributed by atoms with Crippen molar-refractivity contribution in [2.45, 2.75) is 39.7 Å². The molecule has 2 unspecified atom stereocenters. The van der Waals surface area contributed by atoms with E-state index in [0.29, 0.717) is 6.04 Å². The first-order chi connectivity index (χ1) is 6.54. The van der Waals surface area contributed by atoms with Crippen LogP contribution in [0.15, 0.2) is 24.3 Å². The minimum absolute atomic E-state index is 0.231. The zero-order valence-corrected chi connectivity index (χ0v) is 9.66. The summed E-state index contributed by atoms with van der Waals surface area (Å²) in [5, 5.41) is 0. The molecule has 1 aliphatic carbocycles. The summed E-state index contributed by atoms with van der Waals surface area (Å²) in [6, 6.07) is 0.384. The summed E-state index contributed by atoms with van der Waals surface area (Å²) in [7, 11) is 0. The number of rotatable bonds is 2. The Morgan fingerprint density at radius 2 is 2.00 bits per heavy atom. The number of hydrogen-bond donors (Lipinski definition) is 2. The molecule has 14 heavy (non-hydrogen) atoms. The molecular formula is C12H24N2. The Labute approximate surface area is 88.1 Å². The fourth-order valence-corrected chi connectivity index (χ4v) is 0.923. The monoisotopic (exact) mass is 196 g/mol. The SMILES string of the molecule is CC1(CN)C=CC=CC1.CCC(C)N. The topological polar surface area (TPSA) is 52.0 Å². The van der Waals surface area contributed by atoms with Gasteiger partial charge in [-0.3, -0.25) is 0 Å². The second kappa shape index (κ2) is 6.80. The van der Waals surface area contributed by atoms with Gasteiger partial charge in [-0.25, -0.2) is 0 Å². The van der Waals surface area contributed by atoms with Crippen LogP contribution in [0.5, 0.6) is 0 Å². The first-order valence-electron chi connectivity index (χ1n) is 5.34. The lowest BCUT2D eigenvalue weighted by Gasteiger charge is -2.23. The molecule has 0 aromatic rings. The molecule has 0 saturated carbocycles. The van der Waals surface area contributed by atoms with Crippen LogP contribution in [-0.4, -0.2) is 12.6 Å². The lowest BCUT2D eigenvalue weighted by atomic mass is 9.84. The van der Waals surface area contributed by atoms with E-state index in [1.807, 2.05) is 6.92 Å². The van der Waals surface area contributed by atoms with E-state index in [0.717, 1.165) is 19.4 Å². The van der Waals surface area contributed by atoms with Gasteiger partial charge in [0.15, 0.2) is 0 Å². The van der Waals surface area contributed by atoms with Crippen molar-refractivity contribution in [1.29, 1.82) is 0 Å². The molecular weight excluding hydrogens is 172 g/mol. The lowest BCUT2D eigenvalue weighted by molar-refractivity contribution is 0.443. The molecule has 82 valence electrons. The van der Waals surface area contributed by atoms with Crippen molar-refractivity contribution in [1.82, 2.24) is 0 Å². The van der Waals surface area contributed by atoms with Gasteiger partial charge < -0.3 is 11.5 Å². The average molecular weight is 196 g/mol. The van der Waals surface area contributed by atoms with Gasteiger partial charge in [0.1, 0.15) is 0 Å². The Morgan fingerprint density at radius 3 is 2.21 bits per heavy atom. The van der Waals surface area contributed by atoms with Crippen molar-refractivity contribution < 1.29 is 0 Å². The van der Waals surface area contributed by atoms with Crippen molar-refractivity contribution in [2.24, 2.45) is 16.9 Å². The van der Waals surface area contributed by atoms with Gasteiger partial charge in [-0.05, 0) is 19.8 Å². The van der Waals surface area contributed by atoms with Crippen LogP contribution in [0.4, 0.5) is 0 Å². The highest BCUT2D eigenvalue weighted by Crippen LogP contribution is 2.24. The van der Waals surface area contributed by atoms with Crippen molar-refractivity contribution in [3.05, 3.63) is 24.3 Å². The average Bonchev–Trinajstić information content (AvgIpc) is 2.20. The predicted octanol–water partition coefficient (Wildman–Crippen LogP) is 2.21. The molecule has 0 heterocycles. The van der Waals surface area contributed by atoms with Crippen molar-refractivity contribution in [3.8, 4) is 0 Å². The summed E-state index contributed by atoms with van der Waals surface area (Å²) < 4.78 is 0. The lowest BCUT2D eigenvalue weighted by Crippen LogP contribution is -2.24. The van der Waals surface area contributed by atoms with E-state index < -0.39 is 0 Å². The standard InChI is InChI=1S/C8H13N.C4H11N/c1-8(7-9)5-3-2-4-6-8;1-3-4(2)5/h2-5H,6-7,9H2,1H3;4H,3,5H2,1-2H3. The van der Waals surface area contributed by atoms with Crippen LogP contribution in [0.3, 0.4) is 0 Å². The highest BCUT2D eigenvalue weighted by Gasteiger charge is 2.17. The molecule has 1 aliphatic rings. The molecule has 0 amide bonds. The highest BCUT2D eigenvalue weighted by molar-refractivity contribution is 5.15. The molecule has 1 rings (SSSR count). The Kier molecular flexibility index (Phi) is 6.50. The highest BCUT2D eigenvalue weighted by atomic mass is 14.6. The molecule has 2 nitrogen and oxygen atoms in total. The van der Waals surface area contributed by atoms with Gasteiger partial charge in [-0.1, -0.05) is 38.2 Å². The van der Waals surface area contributed by atoms with E-state index in [1.165, 1.54) is 0 Å². The molecule has 0 radical (unpaired) electrons. The molecule has 0 spiro atoms. The summed E-state index contributed by atoms with van der Waals surface area (Å²) in [5.41, 5.74) is 11.1. The Morgan fingerprint density at radius 1 is 1.43 bits per heavy atom. The second-order valence-corrected chi connectivity index (χ2v) is 4.24. The Balaban J connectivity index is 0.000000292. The third kappa shape index (κ3) is 5.95. The smallest absolute Gasteiger partial charge is 0.00146 e. The molecule has 0 saturated heterocycles. The summed E-state index contributed by atoms with van der Waals surface area (Å²) >= 11 is 0. The molecule has 0 aliphatic heterocycles. The fraction of sp³-hybridized carbons (Fsp3) is 0.667. The molecule has 0 aromatic carbocycles. The summed E-state index contributed by atoms with van der Waals surface area (Å²) in [5.74, 6) is 0. The first kappa shape index (κ1) is 13.4.